The first-order valence-corrected chi connectivity index (χ1v) is 5.37. The van der Waals surface area contributed by atoms with Gasteiger partial charge in [0, 0.05) is 12.5 Å². The first-order valence-electron chi connectivity index (χ1n) is 4.84. The number of ketones is 1. The second-order valence-electron chi connectivity index (χ2n) is 3.94. The fourth-order valence-corrected chi connectivity index (χ4v) is 1.98. The van der Waals surface area contributed by atoms with Gasteiger partial charge in [0.05, 0.1) is 11.5 Å². The van der Waals surface area contributed by atoms with E-state index in [1.165, 1.54) is 0 Å². The standard InChI is InChI=1S/C10H17ClO2/c1-3-10(2)6-8(4-5-13-10)9(12)7-11/h8H,3-7H2,1-2H3. The molecule has 0 aromatic rings. The minimum atomic E-state index is -0.107. The van der Waals surface area contributed by atoms with E-state index in [-0.39, 0.29) is 23.2 Å². The molecule has 0 radical (unpaired) electrons. The Kier molecular flexibility index (Phi) is 3.74. The Labute approximate surface area is 84.6 Å². The zero-order valence-electron chi connectivity index (χ0n) is 8.31. The molecule has 3 heteroatoms. The molecule has 1 saturated heterocycles. The van der Waals surface area contributed by atoms with Crippen molar-refractivity contribution in [1.29, 1.82) is 0 Å². The molecule has 0 aliphatic carbocycles. The smallest absolute Gasteiger partial charge is 0.150 e. The van der Waals surface area contributed by atoms with Crippen LogP contribution in [0.2, 0.25) is 0 Å². The molecule has 0 saturated carbocycles. The van der Waals surface area contributed by atoms with Crippen molar-refractivity contribution in [2.24, 2.45) is 5.92 Å². The van der Waals surface area contributed by atoms with Crippen LogP contribution >= 0.6 is 11.6 Å². The van der Waals surface area contributed by atoms with Crippen molar-refractivity contribution in [2.45, 2.75) is 38.7 Å². The summed E-state index contributed by atoms with van der Waals surface area (Å²) in [6, 6.07) is 0. The van der Waals surface area contributed by atoms with Crippen LogP contribution in [0.1, 0.15) is 33.1 Å². The van der Waals surface area contributed by atoms with Gasteiger partial charge in [0.1, 0.15) is 0 Å². The highest BCUT2D eigenvalue weighted by molar-refractivity contribution is 6.27. The average molecular weight is 205 g/mol. The fourth-order valence-electron chi connectivity index (χ4n) is 1.76. The number of carbonyl (C=O) groups is 1. The number of alkyl halides is 1. The highest BCUT2D eigenvalue weighted by Crippen LogP contribution is 2.32. The summed E-state index contributed by atoms with van der Waals surface area (Å²) in [6.45, 7) is 4.85. The lowest BCUT2D eigenvalue weighted by atomic mass is 9.83. The van der Waals surface area contributed by atoms with Crippen molar-refractivity contribution in [3.8, 4) is 0 Å². The van der Waals surface area contributed by atoms with Gasteiger partial charge in [-0.15, -0.1) is 11.6 Å². The van der Waals surface area contributed by atoms with Gasteiger partial charge in [-0.3, -0.25) is 4.79 Å². The molecule has 1 fully saturated rings. The van der Waals surface area contributed by atoms with Gasteiger partial charge in [-0.2, -0.15) is 0 Å². The van der Waals surface area contributed by atoms with Gasteiger partial charge in [0.15, 0.2) is 5.78 Å². The summed E-state index contributed by atoms with van der Waals surface area (Å²) in [6.07, 6.45) is 2.62. The molecular weight excluding hydrogens is 188 g/mol. The number of ether oxygens (including phenoxy) is 1. The molecule has 2 atom stereocenters. The highest BCUT2D eigenvalue weighted by atomic mass is 35.5. The van der Waals surface area contributed by atoms with Crippen molar-refractivity contribution in [1.82, 2.24) is 0 Å². The molecule has 2 nitrogen and oxygen atoms in total. The second-order valence-corrected chi connectivity index (χ2v) is 4.21. The lowest BCUT2D eigenvalue weighted by Crippen LogP contribution is -2.39. The predicted octanol–water partition coefficient (Wildman–Crippen LogP) is 2.39. The van der Waals surface area contributed by atoms with Crippen LogP contribution < -0.4 is 0 Å². The third kappa shape index (κ3) is 2.68. The minimum absolute atomic E-state index is 0.107. The van der Waals surface area contributed by atoms with Gasteiger partial charge in [0.2, 0.25) is 0 Å². The molecule has 0 bridgehead atoms. The van der Waals surface area contributed by atoms with Crippen LogP contribution in [0.15, 0.2) is 0 Å². The first-order chi connectivity index (χ1) is 6.11. The first kappa shape index (κ1) is 11.0. The van der Waals surface area contributed by atoms with Crippen molar-refractivity contribution >= 4 is 17.4 Å². The van der Waals surface area contributed by atoms with E-state index in [1.54, 1.807) is 0 Å². The maximum Gasteiger partial charge on any atom is 0.150 e. The van der Waals surface area contributed by atoms with Gasteiger partial charge in [-0.05, 0) is 26.2 Å². The molecular formula is C10H17ClO2. The predicted molar refractivity (Wildman–Crippen MR) is 53.1 cm³/mol. The summed E-state index contributed by atoms with van der Waals surface area (Å²) in [7, 11) is 0. The Hall–Kier alpha value is -0.0800. The van der Waals surface area contributed by atoms with Gasteiger partial charge < -0.3 is 4.74 Å². The van der Waals surface area contributed by atoms with Crippen LogP contribution in [0.5, 0.6) is 0 Å². The van der Waals surface area contributed by atoms with E-state index >= 15 is 0 Å². The zero-order chi connectivity index (χ0) is 9.90. The molecule has 1 heterocycles. The quantitative estimate of drug-likeness (QED) is 0.660. The number of Topliss-reactive ketones (excluding diaryl/α,β-unsaturated/α-hetero) is 1. The van der Waals surface area contributed by atoms with Crippen LogP contribution in [-0.4, -0.2) is 23.9 Å². The number of hydrogen-bond donors (Lipinski definition) is 0. The maximum absolute atomic E-state index is 11.4. The van der Waals surface area contributed by atoms with Crippen LogP contribution in [0.25, 0.3) is 0 Å². The third-order valence-corrected chi connectivity index (χ3v) is 3.19. The molecule has 1 aliphatic heterocycles. The third-order valence-electron chi connectivity index (χ3n) is 2.93. The largest absolute Gasteiger partial charge is 0.375 e. The molecule has 2 unspecified atom stereocenters. The molecule has 0 amide bonds. The van der Waals surface area contributed by atoms with E-state index in [1.807, 2.05) is 0 Å². The Morgan fingerprint density at radius 2 is 2.38 bits per heavy atom. The number of carbonyl (C=O) groups excluding carboxylic acids is 1. The number of hydrogen-bond acceptors (Lipinski definition) is 2. The summed E-state index contributed by atoms with van der Waals surface area (Å²) >= 11 is 5.53. The molecule has 0 spiro atoms. The van der Waals surface area contributed by atoms with Crippen molar-refractivity contribution in [3.05, 3.63) is 0 Å². The van der Waals surface area contributed by atoms with E-state index in [0.717, 1.165) is 19.3 Å². The van der Waals surface area contributed by atoms with Gasteiger partial charge in [-0.1, -0.05) is 6.92 Å². The summed E-state index contributed by atoms with van der Waals surface area (Å²) in [5.41, 5.74) is -0.107. The molecule has 13 heavy (non-hydrogen) atoms. The molecule has 0 aromatic heterocycles. The SMILES string of the molecule is CCC1(C)CC(C(=O)CCl)CCO1. The monoisotopic (exact) mass is 204 g/mol. The summed E-state index contributed by atoms with van der Waals surface area (Å²) in [5, 5.41) is 0. The zero-order valence-corrected chi connectivity index (χ0v) is 9.06. The van der Waals surface area contributed by atoms with E-state index in [9.17, 15) is 4.79 Å². The summed E-state index contributed by atoms with van der Waals surface area (Å²) < 4.78 is 5.64. The van der Waals surface area contributed by atoms with Crippen LogP contribution in [0.3, 0.4) is 0 Å². The summed E-state index contributed by atoms with van der Waals surface area (Å²) in [4.78, 5) is 11.4. The van der Waals surface area contributed by atoms with Crippen molar-refractivity contribution in [2.75, 3.05) is 12.5 Å². The topological polar surface area (TPSA) is 26.3 Å². The number of halogens is 1. The van der Waals surface area contributed by atoms with Crippen LogP contribution in [0.4, 0.5) is 0 Å². The lowest BCUT2D eigenvalue weighted by Gasteiger charge is -2.36. The normalized spacial score (nSPS) is 34.5. The molecule has 0 aromatic carbocycles. The van der Waals surface area contributed by atoms with Crippen LogP contribution in [0, 0.1) is 5.92 Å². The molecule has 1 rings (SSSR count). The number of rotatable bonds is 3. The Bertz CT molecular complexity index is 193. The molecule has 76 valence electrons. The minimum Gasteiger partial charge on any atom is -0.375 e. The molecule has 0 N–H and O–H groups in total. The van der Waals surface area contributed by atoms with Gasteiger partial charge in [0.25, 0.3) is 0 Å². The maximum atomic E-state index is 11.4. The summed E-state index contributed by atoms with van der Waals surface area (Å²) in [5.74, 6) is 0.436. The van der Waals surface area contributed by atoms with E-state index in [2.05, 4.69) is 13.8 Å². The van der Waals surface area contributed by atoms with E-state index in [0.29, 0.717) is 6.61 Å². The second kappa shape index (κ2) is 4.43. The van der Waals surface area contributed by atoms with Crippen LogP contribution in [-0.2, 0) is 9.53 Å². The van der Waals surface area contributed by atoms with Gasteiger partial charge in [-0.25, -0.2) is 0 Å². The van der Waals surface area contributed by atoms with Crippen molar-refractivity contribution < 1.29 is 9.53 Å². The highest BCUT2D eigenvalue weighted by Gasteiger charge is 2.34. The van der Waals surface area contributed by atoms with Crippen molar-refractivity contribution in [3.63, 3.8) is 0 Å². The molecule has 1 aliphatic rings. The Morgan fingerprint density at radius 3 is 2.92 bits per heavy atom. The van der Waals surface area contributed by atoms with Gasteiger partial charge >= 0.3 is 0 Å². The Balaban J connectivity index is 2.56. The fraction of sp³-hybridized carbons (Fsp3) is 0.900. The lowest BCUT2D eigenvalue weighted by molar-refractivity contribution is -0.132. The van der Waals surface area contributed by atoms with E-state index < -0.39 is 0 Å². The average Bonchev–Trinajstić information content (AvgIpc) is 2.17. The van der Waals surface area contributed by atoms with E-state index in [4.69, 9.17) is 16.3 Å². The Morgan fingerprint density at radius 1 is 1.69 bits per heavy atom.